The first kappa shape index (κ1) is 75.1. The lowest BCUT2D eigenvalue weighted by Gasteiger charge is -2.50. The zero-order valence-corrected chi connectivity index (χ0v) is 50.4. The molecule has 0 bridgehead atoms. The molecule has 0 amide bonds. The molecule has 20 N–H and O–H groups in total. The van der Waals surface area contributed by atoms with Gasteiger partial charge in [0.05, 0.1) is 61.4 Å². The van der Waals surface area contributed by atoms with Gasteiger partial charge in [0.15, 0.2) is 43.3 Å². The van der Waals surface area contributed by atoms with Crippen LogP contribution in [0.25, 0.3) is 0 Å². The van der Waals surface area contributed by atoms with Gasteiger partial charge in [-0.25, -0.2) is 19.2 Å². The lowest BCUT2D eigenvalue weighted by molar-refractivity contribution is -0.388. The van der Waals surface area contributed by atoms with Gasteiger partial charge in [-0.15, -0.1) is 0 Å². The van der Waals surface area contributed by atoms with Crippen LogP contribution in [0, 0.1) is 23.7 Å². The lowest BCUT2D eigenvalue weighted by Crippen LogP contribution is -2.66. The molecule has 0 aromatic heterocycles. The second kappa shape index (κ2) is 33.3. The maximum Gasteiger partial charge on any atom is 0.348 e. The summed E-state index contributed by atoms with van der Waals surface area (Å²) >= 11 is 0. The summed E-state index contributed by atoms with van der Waals surface area (Å²) < 4.78 is 62.2. The number of carboxylic acid groups (broad SMARTS) is 2. The molecule has 31 unspecified atom stereocenters. The second-order valence-corrected chi connectivity index (χ2v) is 25.3. The van der Waals surface area contributed by atoms with Crippen molar-refractivity contribution in [2.75, 3.05) is 19.8 Å². The molecule has 8 aliphatic rings. The molecule has 4 heterocycles. The van der Waals surface area contributed by atoms with Gasteiger partial charge in [-0.05, 0) is 69.6 Å². The highest BCUT2D eigenvalue weighted by molar-refractivity contribution is 5.93. The van der Waals surface area contributed by atoms with E-state index < -0.39 is 257 Å². The smallest absolute Gasteiger partial charge is 0.348 e. The van der Waals surface area contributed by atoms with Crippen LogP contribution >= 0.6 is 0 Å². The number of fused-ring (bicyclic) bond motifs is 1. The highest BCUT2D eigenvalue weighted by Gasteiger charge is 2.59. The Balaban J connectivity index is 1.03. The lowest BCUT2D eigenvalue weighted by atomic mass is 9.72. The monoisotopic (exact) mass is 1360 g/mol. The summed E-state index contributed by atoms with van der Waals surface area (Å²) in [5.41, 5.74) is 0. The third kappa shape index (κ3) is 18.6. The van der Waals surface area contributed by atoms with Gasteiger partial charge in [0.25, 0.3) is 0 Å². The minimum Gasteiger partial charge on any atom is -0.479 e. The van der Waals surface area contributed by atoms with Crippen molar-refractivity contribution in [3.05, 3.63) is 24.3 Å². The van der Waals surface area contributed by atoms with E-state index in [4.69, 9.17) is 52.5 Å². The van der Waals surface area contributed by atoms with Crippen molar-refractivity contribution in [2.45, 2.75) is 255 Å². The molecule has 36 heteroatoms. The molecule has 0 radical (unpaired) electrons. The quantitative estimate of drug-likeness (QED) is 0.0148. The van der Waals surface area contributed by atoms with Gasteiger partial charge in [0, 0.05) is 30.9 Å². The Hall–Kier alpha value is -4.66. The number of carboxylic acids is 2. The number of aliphatic hydroxyl groups excluding tert-OH is 17. The average molecular weight is 1360 g/mol. The second-order valence-electron chi connectivity index (χ2n) is 25.3. The fourth-order valence-corrected chi connectivity index (χ4v) is 13.3. The molecule has 94 heavy (non-hydrogen) atoms. The number of rotatable bonds is 23. The zero-order valence-electron chi connectivity index (χ0n) is 50.4. The Labute approximate surface area is 534 Å². The van der Waals surface area contributed by atoms with Crippen molar-refractivity contribution in [2.24, 2.45) is 23.7 Å². The number of carbonyl (C=O) groups is 6. The van der Waals surface area contributed by atoms with Crippen molar-refractivity contribution >= 4 is 35.8 Å². The summed E-state index contributed by atoms with van der Waals surface area (Å²) in [4.78, 5) is 74.6. The van der Waals surface area contributed by atoms with Crippen molar-refractivity contribution in [1.82, 2.24) is 0 Å². The van der Waals surface area contributed by atoms with E-state index in [0.717, 1.165) is 12.2 Å². The molecule has 0 aromatic rings. The first-order valence-corrected chi connectivity index (χ1v) is 31.1. The van der Waals surface area contributed by atoms with Gasteiger partial charge in [-0.2, -0.15) is 0 Å². The van der Waals surface area contributed by atoms with E-state index in [2.05, 4.69) is 4.74 Å². The number of esters is 4. The molecule has 36 nitrogen and oxygen atoms in total. The zero-order chi connectivity index (χ0) is 68.7. The van der Waals surface area contributed by atoms with Crippen LogP contribution in [0.5, 0.6) is 0 Å². The van der Waals surface area contributed by atoms with Gasteiger partial charge in [0.1, 0.15) is 99.0 Å². The molecule has 4 saturated heterocycles. The van der Waals surface area contributed by atoms with Crippen molar-refractivity contribution in [1.29, 1.82) is 0 Å². The fraction of sp³-hybridized carbons (Fsp3) is 0.828. The van der Waals surface area contributed by atoms with Crippen LogP contribution in [0.15, 0.2) is 24.3 Å². The Morgan fingerprint density at radius 3 is 1.62 bits per heavy atom. The van der Waals surface area contributed by atoms with E-state index >= 15 is 0 Å². The SMILES string of the molecule is O=C(C=CC1CCC(O)C(O)C1)OCC1OC(OC2CC(O)C3CC(OC4OC(COC(=O)CC(=O)OC(C(=O)O)C(O)C(=O)O)C(O)C(O)C4OC4OC(CO)C(O)C(O)C4OC(=O)C=CC4CCC(O)C(O)C4)C(C4CC(O)C(O)C(O)C4)[OH+]C3C2)C(O)C(O)C1O. The molecular formula is C58H87O36+. The van der Waals surface area contributed by atoms with Crippen LogP contribution in [0.4, 0.5) is 0 Å². The number of allylic oxidation sites excluding steroid dienone is 2. The first-order chi connectivity index (χ1) is 44.4. The summed E-state index contributed by atoms with van der Waals surface area (Å²) in [5.74, 6) is -12.0. The largest absolute Gasteiger partial charge is 0.479 e. The van der Waals surface area contributed by atoms with E-state index in [0.29, 0.717) is 19.3 Å². The van der Waals surface area contributed by atoms with E-state index in [-0.39, 0.29) is 57.3 Å². The molecular weight excluding hydrogens is 1270 g/mol. The Bertz CT molecular complexity index is 2580. The number of ether oxygens (including phenoxy) is 11. The molecule has 0 spiro atoms. The molecule has 8 rings (SSSR count). The maximum atomic E-state index is 13.4. The molecule has 0 aromatic carbocycles. The van der Waals surface area contributed by atoms with Crippen LogP contribution < -0.4 is 0 Å². The Kier molecular flexibility index (Phi) is 26.6. The van der Waals surface area contributed by atoms with Crippen molar-refractivity contribution in [3.63, 3.8) is 0 Å². The van der Waals surface area contributed by atoms with Crippen LogP contribution in [0.1, 0.15) is 77.0 Å². The van der Waals surface area contributed by atoms with Crippen LogP contribution in [-0.2, 0) is 76.1 Å². The minimum absolute atomic E-state index is 0.0608. The molecule has 4 aliphatic carbocycles. The number of aliphatic hydroxyl groups is 19. The fourth-order valence-electron chi connectivity index (χ4n) is 13.3. The Morgan fingerprint density at radius 1 is 0.489 bits per heavy atom. The molecule has 4 aliphatic heterocycles. The van der Waals surface area contributed by atoms with Gasteiger partial charge in [0.2, 0.25) is 6.10 Å². The third-order valence-corrected chi connectivity index (χ3v) is 18.7. The highest BCUT2D eigenvalue weighted by Crippen LogP contribution is 2.44. The normalized spacial score (nSPS) is 44.4. The predicted octanol–water partition coefficient (Wildman–Crippen LogP) is -9.25. The van der Waals surface area contributed by atoms with E-state index in [9.17, 15) is 121 Å². The summed E-state index contributed by atoms with van der Waals surface area (Å²) in [6.07, 6.45) is -45.7. The number of hydrogen-bond donors (Lipinski definition) is 19. The number of carbonyl (C=O) groups excluding carboxylic acids is 4. The number of hydrogen-bond acceptors (Lipinski definition) is 33. The Morgan fingerprint density at radius 2 is 1.03 bits per heavy atom. The van der Waals surface area contributed by atoms with Gasteiger partial charge < -0.3 is 149 Å². The van der Waals surface area contributed by atoms with Crippen LogP contribution in [0.3, 0.4) is 0 Å². The van der Waals surface area contributed by atoms with Gasteiger partial charge >= 0.3 is 35.8 Å². The third-order valence-electron chi connectivity index (χ3n) is 18.7. The molecule has 4 saturated carbocycles. The van der Waals surface area contributed by atoms with Crippen molar-refractivity contribution < 1.29 is 178 Å². The highest BCUT2D eigenvalue weighted by atomic mass is 16.8. The minimum atomic E-state index is -2.77. The molecule has 8 fully saturated rings. The van der Waals surface area contributed by atoms with Crippen LogP contribution in [-0.4, -0.2) is 335 Å². The van der Waals surface area contributed by atoms with Gasteiger partial charge in [-0.1, -0.05) is 12.2 Å². The van der Waals surface area contributed by atoms with E-state index in [1.54, 1.807) is 0 Å². The standard InChI is InChI=1S/C58H86O36/c59-17-34-42(72)46(76)52(92-38(68)8-4-21-2-6-26(61)29(64)10-21)58(89-34)94-53-47(77)44(74)36(19-85-39(69)16-40(70)93-51(55(82)83)49(79)54(80)81)91-57(53)88-33-15-24-27(62)13-23(14-32(24)87-50(33)22-11-30(65)41(71)31(66)12-22)86-56-48(78)45(75)43(73)35(90-56)18-84-37(67)7-3-20-1-5-25(60)28(63)9-20/h3-4,7-8,20-36,41-53,56-66,71-79H,1-2,5-6,9-19H2,(H,80,81)(H,82,83)/p+1. The average Bonchev–Trinajstić information content (AvgIpc) is 0.767. The predicted molar refractivity (Wildman–Crippen MR) is 298 cm³/mol. The summed E-state index contributed by atoms with van der Waals surface area (Å²) in [5, 5.41) is 202. The van der Waals surface area contributed by atoms with Gasteiger partial charge in [-0.3, -0.25) is 9.59 Å². The van der Waals surface area contributed by atoms with E-state index in [1.807, 2.05) is 0 Å². The van der Waals surface area contributed by atoms with Crippen molar-refractivity contribution in [3.8, 4) is 0 Å². The van der Waals surface area contributed by atoms with E-state index in [1.165, 1.54) is 12.2 Å². The summed E-state index contributed by atoms with van der Waals surface area (Å²) in [7, 11) is 0. The molecule has 534 valence electrons. The summed E-state index contributed by atoms with van der Waals surface area (Å²) in [6.45, 7) is -2.75. The van der Waals surface area contributed by atoms with Crippen LogP contribution in [0.2, 0.25) is 0 Å². The molecule has 31 atom stereocenters. The first-order valence-electron chi connectivity index (χ1n) is 31.1. The summed E-state index contributed by atoms with van der Waals surface area (Å²) in [6, 6.07) is 0. The maximum absolute atomic E-state index is 13.4. The topological polar surface area (TPSA) is 592 Å². The number of aliphatic carboxylic acids is 2.